The van der Waals surface area contributed by atoms with Crippen molar-refractivity contribution in [3.8, 4) is 0 Å². The number of fused-ring (bicyclic) bond motifs is 1. The van der Waals surface area contributed by atoms with Gasteiger partial charge in [0.05, 0.1) is 19.5 Å². The molecule has 1 aliphatic heterocycles. The third-order valence-corrected chi connectivity index (χ3v) is 8.14. The molecule has 2 aromatic heterocycles. The summed E-state index contributed by atoms with van der Waals surface area (Å²) in [6.45, 7) is 1.91. The zero-order chi connectivity index (χ0) is 28.1. The van der Waals surface area contributed by atoms with Gasteiger partial charge < -0.3 is 25.6 Å². The average Bonchev–Trinajstić information content (AvgIpc) is 3.47. The monoisotopic (exact) mass is 571 g/mol. The van der Waals surface area contributed by atoms with Gasteiger partial charge in [-0.05, 0) is 6.42 Å². The first-order valence-corrected chi connectivity index (χ1v) is 15.9. The number of aliphatic hydroxyl groups is 2. The van der Waals surface area contributed by atoms with Gasteiger partial charge in [-0.2, -0.15) is 0 Å². The Hall–Kier alpha value is -1.66. The second kappa shape index (κ2) is 16.6. The number of aliphatic hydroxyl groups excluding tert-OH is 2. The second-order valence-corrected chi connectivity index (χ2v) is 11.8. The van der Waals surface area contributed by atoms with Crippen LogP contribution < -0.4 is 5.73 Å². The Bertz CT molecular complexity index is 1030. The van der Waals surface area contributed by atoms with E-state index in [0.29, 0.717) is 17.6 Å². The lowest BCUT2D eigenvalue weighted by Gasteiger charge is -2.17. The molecule has 5 atom stereocenters. The molecule has 5 N–H and O–H groups in total. The molecule has 1 saturated heterocycles. The summed E-state index contributed by atoms with van der Waals surface area (Å²) in [6, 6.07) is 0. The Kier molecular flexibility index (Phi) is 13.5. The minimum atomic E-state index is -4.33. The minimum Gasteiger partial charge on any atom is -0.387 e. The van der Waals surface area contributed by atoms with Crippen molar-refractivity contribution in [2.24, 2.45) is 0 Å². The number of hydrogen-bond acceptors (Lipinski definition) is 10. The summed E-state index contributed by atoms with van der Waals surface area (Å²) in [5, 5.41) is 20.9. The molecular formula is C26H46N5O7P. The van der Waals surface area contributed by atoms with Crippen LogP contribution >= 0.6 is 7.82 Å². The van der Waals surface area contributed by atoms with E-state index in [4.69, 9.17) is 19.5 Å². The van der Waals surface area contributed by atoms with Gasteiger partial charge in [0.25, 0.3) is 0 Å². The molecule has 0 bridgehead atoms. The fourth-order valence-corrected chi connectivity index (χ4v) is 5.60. The van der Waals surface area contributed by atoms with Crippen LogP contribution in [0.15, 0.2) is 12.7 Å². The maximum Gasteiger partial charge on any atom is 0.472 e. The van der Waals surface area contributed by atoms with E-state index in [9.17, 15) is 19.7 Å². The smallest absolute Gasteiger partial charge is 0.387 e. The summed E-state index contributed by atoms with van der Waals surface area (Å²) >= 11 is 0. The normalized spacial score (nSPS) is 23.0. The fourth-order valence-electron chi connectivity index (χ4n) is 4.83. The second-order valence-electron chi connectivity index (χ2n) is 10.3. The molecule has 1 unspecified atom stereocenters. The van der Waals surface area contributed by atoms with E-state index in [1.165, 1.54) is 81.4 Å². The van der Waals surface area contributed by atoms with Crippen molar-refractivity contribution in [1.82, 2.24) is 19.5 Å². The topological polar surface area (TPSA) is 175 Å². The zero-order valence-electron chi connectivity index (χ0n) is 23.1. The van der Waals surface area contributed by atoms with E-state index < -0.39 is 39.0 Å². The predicted octanol–water partition coefficient (Wildman–Crippen LogP) is 4.64. The third kappa shape index (κ3) is 10.0. The van der Waals surface area contributed by atoms with Crippen LogP contribution in [0.3, 0.4) is 0 Å². The van der Waals surface area contributed by atoms with Crippen LogP contribution in [0.25, 0.3) is 11.2 Å². The van der Waals surface area contributed by atoms with E-state index in [1.807, 2.05) is 0 Å². The van der Waals surface area contributed by atoms with Gasteiger partial charge >= 0.3 is 7.82 Å². The number of nitrogens with two attached hydrogens (primary N) is 1. The average molecular weight is 572 g/mol. The molecule has 0 aliphatic carbocycles. The molecule has 0 amide bonds. The summed E-state index contributed by atoms with van der Waals surface area (Å²) in [5.74, 6) is 0.170. The van der Waals surface area contributed by atoms with E-state index in [1.54, 1.807) is 0 Å². The first-order valence-electron chi connectivity index (χ1n) is 14.4. The number of hydrogen-bond donors (Lipinski definition) is 4. The maximum absolute atomic E-state index is 12.3. The van der Waals surface area contributed by atoms with Crippen molar-refractivity contribution in [2.45, 2.75) is 121 Å². The van der Waals surface area contributed by atoms with Crippen molar-refractivity contribution in [3.05, 3.63) is 12.7 Å². The van der Waals surface area contributed by atoms with Crippen LogP contribution in [0.4, 0.5) is 5.82 Å². The van der Waals surface area contributed by atoms with Gasteiger partial charge in [-0.15, -0.1) is 0 Å². The molecule has 2 aromatic rings. The molecular weight excluding hydrogens is 525 g/mol. The number of rotatable bonds is 20. The summed E-state index contributed by atoms with van der Waals surface area (Å²) in [4.78, 5) is 22.1. The Morgan fingerprint density at radius 3 is 2.10 bits per heavy atom. The Morgan fingerprint density at radius 1 is 0.897 bits per heavy atom. The molecule has 0 saturated carbocycles. The highest BCUT2D eigenvalue weighted by atomic mass is 31.2. The number of phosphoric ester groups is 1. The molecule has 222 valence electrons. The van der Waals surface area contributed by atoms with Crippen LogP contribution in [-0.2, 0) is 18.3 Å². The lowest BCUT2D eigenvalue weighted by molar-refractivity contribution is -0.0514. The van der Waals surface area contributed by atoms with Crippen LogP contribution in [0.5, 0.6) is 0 Å². The van der Waals surface area contributed by atoms with Gasteiger partial charge in [0.15, 0.2) is 17.7 Å². The molecule has 1 fully saturated rings. The number of nitrogens with zero attached hydrogens (tertiary/aromatic N) is 4. The Balaban J connectivity index is 1.25. The molecule has 1 aliphatic rings. The molecule has 3 heterocycles. The maximum atomic E-state index is 12.3. The summed E-state index contributed by atoms with van der Waals surface area (Å²) in [5.41, 5.74) is 6.45. The van der Waals surface area contributed by atoms with Gasteiger partial charge in [0, 0.05) is 0 Å². The lowest BCUT2D eigenvalue weighted by Crippen LogP contribution is -2.33. The van der Waals surface area contributed by atoms with Gasteiger partial charge in [0.1, 0.15) is 30.2 Å². The largest absolute Gasteiger partial charge is 0.472 e. The van der Waals surface area contributed by atoms with E-state index in [0.717, 1.165) is 19.3 Å². The standard InChI is InChI=1S/C26H46N5O7P/c1-2-3-4-5-6-7-8-9-10-11-12-13-14-15-16-36-39(34,35)37-17-20-22(32)23(33)26(38-20)31-19-30-21-24(27)28-18-29-25(21)31/h18-20,22-23,26,32-33H,2-17H2,1H3,(H,34,35)(H2,27,28,29)/t20-,22-,23-,26-/m1/s1. The first kappa shape index (κ1) is 31.9. The molecule has 13 heteroatoms. The third-order valence-electron chi connectivity index (χ3n) is 7.15. The zero-order valence-corrected chi connectivity index (χ0v) is 24.0. The number of imidazole rings is 1. The van der Waals surface area contributed by atoms with Crippen LogP contribution in [0.2, 0.25) is 0 Å². The van der Waals surface area contributed by atoms with Gasteiger partial charge in [-0.3, -0.25) is 13.6 Å². The quantitative estimate of drug-likeness (QED) is 0.129. The highest BCUT2D eigenvalue weighted by Gasteiger charge is 2.45. The van der Waals surface area contributed by atoms with Gasteiger partial charge in [-0.25, -0.2) is 19.5 Å². The molecule has 39 heavy (non-hydrogen) atoms. The predicted molar refractivity (Wildman–Crippen MR) is 148 cm³/mol. The summed E-state index contributed by atoms with van der Waals surface area (Å²) in [7, 11) is -4.33. The highest BCUT2D eigenvalue weighted by molar-refractivity contribution is 7.47. The number of phosphoric acid groups is 1. The minimum absolute atomic E-state index is 0.104. The van der Waals surface area contributed by atoms with E-state index in [2.05, 4.69) is 21.9 Å². The van der Waals surface area contributed by atoms with E-state index in [-0.39, 0.29) is 12.4 Å². The SMILES string of the molecule is CCCCCCCCCCCCCCCCOP(=O)(O)OC[C@H]1O[C@@H](n2cnc3c(N)ncnc32)[C@H](O)[C@@H]1O. The van der Waals surface area contributed by atoms with Crippen LogP contribution in [0.1, 0.15) is 103 Å². The van der Waals surface area contributed by atoms with Gasteiger partial charge in [-0.1, -0.05) is 90.4 Å². The number of unbranched alkanes of at least 4 members (excludes halogenated alkanes) is 13. The lowest BCUT2D eigenvalue weighted by atomic mass is 10.0. The van der Waals surface area contributed by atoms with Crippen molar-refractivity contribution in [2.75, 3.05) is 18.9 Å². The molecule has 0 spiro atoms. The van der Waals surface area contributed by atoms with E-state index >= 15 is 0 Å². The molecule has 0 aromatic carbocycles. The number of ether oxygens (including phenoxy) is 1. The molecule has 0 radical (unpaired) electrons. The van der Waals surface area contributed by atoms with Crippen molar-refractivity contribution < 1.29 is 33.5 Å². The molecule has 3 rings (SSSR count). The van der Waals surface area contributed by atoms with Crippen molar-refractivity contribution >= 4 is 24.8 Å². The Labute approximate surface area is 230 Å². The van der Waals surface area contributed by atoms with Crippen LogP contribution in [-0.4, -0.2) is 66.2 Å². The molecule has 12 nitrogen and oxygen atoms in total. The number of nitrogen functional groups attached to an aromatic ring is 1. The number of anilines is 1. The summed E-state index contributed by atoms with van der Waals surface area (Å²) in [6.07, 6.45) is 14.9. The van der Waals surface area contributed by atoms with Crippen LogP contribution in [0, 0.1) is 0 Å². The highest BCUT2D eigenvalue weighted by Crippen LogP contribution is 2.44. The van der Waals surface area contributed by atoms with Crippen molar-refractivity contribution in [1.29, 1.82) is 0 Å². The fraction of sp³-hybridized carbons (Fsp3) is 0.808. The first-order chi connectivity index (χ1) is 18.8. The summed E-state index contributed by atoms with van der Waals surface area (Å²) < 4.78 is 29.5. The van der Waals surface area contributed by atoms with Crippen molar-refractivity contribution in [3.63, 3.8) is 0 Å². The number of aromatic nitrogens is 4. The Morgan fingerprint density at radius 2 is 1.49 bits per heavy atom. The van der Waals surface area contributed by atoms with Gasteiger partial charge in [0.2, 0.25) is 0 Å².